The van der Waals surface area contributed by atoms with E-state index in [0.29, 0.717) is 17.0 Å². The Morgan fingerprint density at radius 3 is 2.40 bits per heavy atom. The van der Waals surface area contributed by atoms with Crippen molar-refractivity contribution in [2.45, 2.75) is 10.6 Å². The van der Waals surface area contributed by atoms with Crippen LogP contribution in [-0.2, 0) is 5.75 Å². The van der Waals surface area contributed by atoms with Gasteiger partial charge in [0, 0.05) is 27.5 Å². The molecule has 0 saturated carbocycles. The molecule has 0 spiro atoms. The summed E-state index contributed by atoms with van der Waals surface area (Å²) < 4.78 is 5.35. The van der Waals surface area contributed by atoms with Crippen LogP contribution in [0.15, 0.2) is 76.2 Å². The van der Waals surface area contributed by atoms with Crippen LogP contribution in [0.5, 0.6) is 0 Å². The second-order valence-corrected chi connectivity index (χ2v) is 6.32. The molecular formula is C19H16N2O3S. The van der Waals surface area contributed by atoms with Gasteiger partial charge in [-0.3, -0.25) is 9.59 Å². The Bertz CT molecular complexity index is 873. The fourth-order valence-electron chi connectivity index (χ4n) is 2.23. The molecule has 2 aromatic carbocycles. The number of thioether (sulfide) groups is 1. The Hall–Kier alpha value is -2.99. The summed E-state index contributed by atoms with van der Waals surface area (Å²) in [6, 6.07) is 18.1. The summed E-state index contributed by atoms with van der Waals surface area (Å²) in [6.45, 7) is 0. The molecule has 3 rings (SSSR count). The average Bonchev–Trinajstić information content (AvgIpc) is 3.10. The number of nitrogens with one attached hydrogen (secondary N) is 1. The van der Waals surface area contributed by atoms with Crippen LogP contribution in [0.1, 0.15) is 26.5 Å². The number of anilines is 1. The molecule has 0 unspecified atom stereocenters. The van der Waals surface area contributed by atoms with Crippen molar-refractivity contribution in [3.63, 3.8) is 0 Å². The van der Waals surface area contributed by atoms with Crippen molar-refractivity contribution < 1.29 is 14.0 Å². The minimum atomic E-state index is -0.510. The van der Waals surface area contributed by atoms with E-state index in [-0.39, 0.29) is 11.7 Å². The van der Waals surface area contributed by atoms with Gasteiger partial charge in [-0.25, -0.2) is 0 Å². The number of primary amides is 1. The molecule has 0 atom stereocenters. The van der Waals surface area contributed by atoms with Gasteiger partial charge >= 0.3 is 0 Å². The second kappa shape index (κ2) is 7.72. The number of hydrogen-bond donors (Lipinski definition) is 2. The highest BCUT2D eigenvalue weighted by Crippen LogP contribution is 2.25. The maximum atomic E-state index is 12.4. The van der Waals surface area contributed by atoms with Gasteiger partial charge < -0.3 is 15.5 Å². The molecule has 0 aliphatic heterocycles. The molecule has 0 radical (unpaired) electrons. The van der Waals surface area contributed by atoms with Crippen molar-refractivity contribution >= 4 is 29.3 Å². The molecule has 0 saturated heterocycles. The van der Waals surface area contributed by atoms with E-state index in [2.05, 4.69) is 5.32 Å². The van der Waals surface area contributed by atoms with Gasteiger partial charge in [-0.05, 0) is 42.5 Å². The third-order valence-corrected chi connectivity index (χ3v) is 4.58. The van der Waals surface area contributed by atoms with Gasteiger partial charge in [0.2, 0.25) is 5.91 Å². The summed E-state index contributed by atoms with van der Waals surface area (Å²) in [5, 5.41) is 2.75. The Kier molecular flexibility index (Phi) is 5.20. The predicted octanol–water partition coefficient (Wildman–Crippen LogP) is 3.92. The lowest BCUT2D eigenvalue weighted by molar-refractivity contribution is 0.0991. The molecule has 25 heavy (non-hydrogen) atoms. The van der Waals surface area contributed by atoms with E-state index in [0.717, 1.165) is 10.5 Å². The number of nitrogens with two attached hydrogens (primary N) is 1. The highest BCUT2D eigenvalue weighted by molar-refractivity contribution is 7.98. The predicted molar refractivity (Wildman–Crippen MR) is 97.6 cm³/mol. The number of benzene rings is 2. The Morgan fingerprint density at radius 2 is 1.72 bits per heavy atom. The monoisotopic (exact) mass is 352 g/mol. The zero-order valence-electron chi connectivity index (χ0n) is 13.3. The van der Waals surface area contributed by atoms with E-state index in [9.17, 15) is 9.59 Å². The lowest BCUT2D eigenvalue weighted by atomic mass is 10.2. The van der Waals surface area contributed by atoms with Crippen molar-refractivity contribution in [2.24, 2.45) is 5.73 Å². The average molecular weight is 352 g/mol. The van der Waals surface area contributed by atoms with Crippen molar-refractivity contribution in [1.82, 2.24) is 0 Å². The van der Waals surface area contributed by atoms with E-state index in [1.807, 2.05) is 30.3 Å². The van der Waals surface area contributed by atoms with E-state index in [4.69, 9.17) is 10.2 Å². The van der Waals surface area contributed by atoms with E-state index in [1.54, 1.807) is 42.1 Å². The topological polar surface area (TPSA) is 85.3 Å². The standard InChI is InChI=1S/C19H16N2O3S/c20-18(22)13-6-8-15(9-7-13)21-19(23)17-14(10-11-24-17)12-25-16-4-2-1-3-5-16/h1-11H,12H2,(H2,20,22)(H,21,23). The number of carbonyl (C=O) groups is 2. The van der Waals surface area contributed by atoms with Gasteiger partial charge in [0.05, 0.1) is 6.26 Å². The summed E-state index contributed by atoms with van der Waals surface area (Å²) in [4.78, 5) is 24.6. The van der Waals surface area contributed by atoms with Crippen LogP contribution >= 0.6 is 11.8 Å². The second-order valence-electron chi connectivity index (χ2n) is 5.27. The van der Waals surface area contributed by atoms with Gasteiger partial charge in [0.25, 0.3) is 5.91 Å². The fraction of sp³-hybridized carbons (Fsp3) is 0.0526. The molecule has 126 valence electrons. The first-order chi connectivity index (χ1) is 12.1. The SMILES string of the molecule is NC(=O)c1ccc(NC(=O)c2occc2CSc2ccccc2)cc1. The highest BCUT2D eigenvalue weighted by Gasteiger charge is 2.16. The van der Waals surface area contributed by atoms with Gasteiger partial charge in [-0.1, -0.05) is 18.2 Å². The number of hydrogen-bond acceptors (Lipinski definition) is 4. The molecule has 3 N–H and O–H groups in total. The quantitative estimate of drug-likeness (QED) is 0.658. The Morgan fingerprint density at radius 1 is 1.00 bits per heavy atom. The third kappa shape index (κ3) is 4.30. The first-order valence-corrected chi connectivity index (χ1v) is 8.57. The van der Waals surface area contributed by atoms with Crippen LogP contribution in [0.25, 0.3) is 0 Å². The number of carbonyl (C=O) groups excluding carboxylic acids is 2. The molecule has 2 amide bonds. The molecule has 0 bridgehead atoms. The zero-order valence-corrected chi connectivity index (χ0v) is 14.1. The van der Waals surface area contributed by atoms with Crippen molar-refractivity contribution in [3.05, 3.63) is 83.8 Å². The van der Waals surface area contributed by atoms with Crippen LogP contribution in [0.3, 0.4) is 0 Å². The van der Waals surface area contributed by atoms with Gasteiger partial charge in [-0.15, -0.1) is 11.8 Å². The normalized spacial score (nSPS) is 10.4. The summed E-state index contributed by atoms with van der Waals surface area (Å²) in [5.41, 5.74) is 6.97. The molecular weight excluding hydrogens is 336 g/mol. The Labute approximate surface area is 149 Å². The van der Waals surface area contributed by atoms with Crippen LogP contribution in [-0.4, -0.2) is 11.8 Å². The lowest BCUT2D eigenvalue weighted by Gasteiger charge is -2.06. The number of furan rings is 1. The highest BCUT2D eigenvalue weighted by atomic mass is 32.2. The summed E-state index contributed by atoms with van der Waals surface area (Å²) in [5.74, 6) is 0.0659. The summed E-state index contributed by atoms with van der Waals surface area (Å²) in [7, 11) is 0. The van der Waals surface area contributed by atoms with Gasteiger partial charge in [0.15, 0.2) is 5.76 Å². The largest absolute Gasteiger partial charge is 0.459 e. The minimum Gasteiger partial charge on any atom is -0.459 e. The maximum absolute atomic E-state index is 12.4. The fourth-order valence-corrected chi connectivity index (χ4v) is 3.13. The molecule has 1 heterocycles. The van der Waals surface area contributed by atoms with Crippen molar-refractivity contribution in [1.29, 1.82) is 0 Å². The molecule has 1 aromatic heterocycles. The van der Waals surface area contributed by atoms with Crippen molar-refractivity contribution in [2.75, 3.05) is 5.32 Å². The van der Waals surface area contributed by atoms with Crippen LogP contribution in [0, 0.1) is 0 Å². The summed E-state index contributed by atoms with van der Waals surface area (Å²) in [6.07, 6.45) is 1.51. The van der Waals surface area contributed by atoms with Gasteiger partial charge in [-0.2, -0.15) is 0 Å². The third-order valence-electron chi connectivity index (χ3n) is 3.52. The first-order valence-electron chi connectivity index (χ1n) is 7.59. The zero-order chi connectivity index (χ0) is 17.6. The van der Waals surface area contributed by atoms with Crippen LogP contribution < -0.4 is 11.1 Å². The number of rotatable bonds is 6. The van der Waals surface area contributed by atoms with E-state index < -0.39 is 5.91 Å². The first kappa shape index (κ1) is 16.9. The van der Waals surface area contributed by atoms with Crippen LogP contribution in [0.2, 0.25) is 0 Å². The Balaban J connectivity index is 1.66. The van der Waals surface area contributed by atoms with Gasteiger partial charge in [0.1, 0.15) is 0 Å². The molecule has 6 heteroatoms. The molecule has 0 fully saturated rings. The minimum absolute atomic E-state index is 0.280. The van der Waals surface area contributed by atoms with Crippen molar-refractivity contribution in [3.8, 4) is 0 Å². The molecule has 0 aliphatic carbocycles. The van der Waals surface area contributed by atoms with E-state index in [1.165, 1.54) is 6.26 Å². The van der Waals surface area contributed by atoms with Crippen LogP contribution in [0.4, 0.5) is 5.69 Å². The molecule has 3 aromatic rings. The summed E-state index contributed by atoms with van der Waals surface area (Å²) >= 11 is 1.63. The lowest BCUT2D eigenvalue weighted by Crippen LogP contribution is -2.14. The van der Waals surface area contributed by atoms with E-state index >= 15 is 0 Å². The molecule has 5 nitrogen and oxygen atoms in total. The number of amides is 2. The maximum Gasteiger partial charge on any atom is 0.291 e. The molecule has 0 aliphatic rings. The smallest absolute Gasteiger partial charge is 0.291 e.